The van der Waals surface area contributed by atoms with Crippen molar-refractivity contribution >= 4 is 5.82 Å². The summed E-state index contributed by atoms with van der Waals surface area (Å²) >= 11 is 0. The third-order valence-corrected chi connectivity index (χ3v) is 4.75. The van der Waals surface area contributed by atoms with Crippen LogP contribution >= 0.6 is 0 Å². The zero-order valence-electron chi connectivity index (χ0n) is 13.9. The Hall–Kier alpha value is -2.68. The molecule has 3 heteroatoms. The van der Waals surface area contributed by atoms with E-state index in [1.165, 1.54) is 16.7 Å². The van der Waals surface area contributed by atoms with Crippen LogP contribution in [0.15, 0.2) is 61.1 Å². The minimum absolute atomic E-state index is 0.365. The molecule has 0 aliphatic heterocycles. The van der Waals surface area contributed by atoms with Crippen molar-refractivity contribution in [1.82, 2.24) is 9.97 Å². The van der Waals surface area contributed by atoms with Crippen molar-refractivity contribution in [3.63, 3.8) is 0 Å². The predicted octanol–water partition coefficient (Wildman–Crippen LogP) is 4.81. The molecule has 4 rings (SSSR count). The third kappa shape index (κ3) is 2.90. The Morgan fingerprint density at radius 3 is 2.79 bits per heavy atom. The maximum absolute atomic E-state index is 4.61. The van der Waals surface area contributed by atoms with Crippen LogP contribution in [0.1, 0.15) is 36.1 Å². The predicted molar refractivity (Wildman–Crippen MR) is 98.0 cm³/mol. The monoisotopic (exact) mass is 315 g/mol. The fourth-order valence-corrected chi connectivity index (χ4v) is 3.37. The van der Waals surface area contributed by atoms with Crippen LogP contribution in [0, 0.1) is 0 Å². The number of nitrogens with zero attached hydrogens (tertiary/aromatic N) is 2. The highest BCUT2D eigenvalue weighted by Gasteiger charge is 2.21. The van der Waals surface area contributed by atoms with Gasteiger partial charge in [0.2, 0.25) is 0 Å². The molecule has 0 radical (unpaired) electrons. The Balaban J connectivity index is 1.52. The van der Waals surface area contributed by atoms with Crippen molar-refractivity contribution < 1.29 is 0 Å². The highest BCUT2D eigenvalue weighted by atomic mass is 15.0. The van der Waals surface area contributed by atoms with Gasteiger partial charge in [-0.3, -0.25) is 4.98 Å². The topological polar surface area (TPSA) is 37.8 Å². The summed E-state index contributed by atoms with van der Waals surface area (Å²) in [5.41, 5.74) is 6.34. The van der Waals surface area contributed by atoms with Gasteiger partial charge in [-0.2, -0.15) is 0 Å². The van der Waals surface area contributed by atoms with Crippen molar-refractivity contribution in [3.8, 4) is 11.1 Å². The number of aromatic nitrogens is 2. The van der Waals surface area contributed by atoms with Gasteiger partial charge in [0.1, 0.15) is 5.82 Å². The Labute approximate surface area is 142 Å². The van der Waals surface area contributed by atoms with Gasteiger partial charge in [0.25, 0.3) is 0 Å². The fourth-order valence-electron chi connectivity index (χ4n) is 3.37. The summed E-state index contributed by atoms with van der Waals surface area (Å²) in [6, 6.07) is 15.4. The largest absolute Gasteiger partial charge is 0.363 e. The van der Waals surface area contributed by atoms with E-state index < -0.39 is 0 Å². The first-order chi connectivity index (χ1) is 11.8. The van der Waals surface area contributed by atoms with Gasteiger partial charge >= 0.3 is 0 Å². The molecule has 1 aliphatic rings. The first kappa shape index (κ1) is 14.9. The van der Waals surface area contributed by atoms with Gasteiger partial charge in [-0.15, -0.1) is 0 Å². The average molecular weight is 315 g/mol. The van der Waals surface area contributed by atoms with Crippen LogP contribution in [0.25, 0.3) is 11.1 Å². The lowest BCUT2D eigenvalue weighted by Crippen LogP contribution is -2.08. The average Bonchev–Trinajstić information content (AvgIpc) is 3.05. The van der Waals surface area contributed by atoms with E-state index in [0.717, 1.165) is 36.2 Å². The Bertz CT molecular complexity index is 840. The lowest BCUT2D eigenvalue weighted by atomic mass is 10.1. The van der Waals surface area contributed by atoms with E-state index in [-0.39, 0.29) is 0 Å². The van der Waals surface area contributed by atoms with E-state index in [1.54, 1.807) is 0 Å². The molecular weight excluding hydrogens is 294 g/mol. The molecule has 2 heterocycles. The molecule has 2 aromatic heterocycles. The first-order valence-corrected chi connectivity index (χ1v) is 8.58. The van der Waals surface area contributed by atoms with Gasteiger partial charge in [-0.25, -0.2) is 4.98 Å². The van der Waals surface area contributed by atoms with E-state index in [9.17, 15) is 0 Å². The molecule has 1 atom stereocenters. The van der Waals surface area contributed by atoms with Gasteiger partial charge < -0.3 is 5.32 Å². The molecular formula is C21H21N3. The molecule has 0 amide bonds. The summed E-state index contributed by atoms with van der Waals surface area (Å²) in [6.07, 6.45) is 9.02. The molecule has 120 valence electrons. The number of hydrogen-bond donors (Lipinski definition) is 1. The van der Waals surface area contributed by atoms with E-state index in [2.05, 4.69) is 64.7 Å². The van der Waals surface area contributed by atoms with E-state index in [4.69, 9.17) is 0 Å². The summed E-state index contributed by atoms with van der Waals surface area (Å²) in [5.74, 6) is 0.931. The van der Waals surface area contributed by atoms with Crippen LogP contribution in [0.4, 0.5) is 5.82 Å². The maximum atomic E-state index is 4.61. The second-order valence-corrected chi connectivity index (χ2v) is 6.30. The minimum atomic E-state index is 0.365. The van der Waals surface area contributed by atoms with Crippen molar-refractivity contribution in [2.24, 2.45) is 0 Å². The molecule has 0 saturated heterocycles. The van der Waals surface area contributed by atoms with E-state index in [1.807, 2.05) is 18.6 Å². The van der Waals surface area contributed by atoms with Crippen LogP contribution in [0.5, 0.6) is 0 Å². The summed E-state index contributed by atoms with van der Waals surface area (Å²) in [4.78, 5) is 8.93. The van der Waals surface area contributed by atoms with Gasteiger partial charge in [0.05, 0.1) is 6.04 Å². The molecule has 1 N–H and O–H groups in total. The van der Waals surface area contributed by atoms with Crippen LogP contribution in [-0.2, 0) is 12.8 Å². The number of nitrogens with one attached hydrogen (secondary N) is 1. The normalized spacial score (nSPS) is 16.0. The molecule has 0 saturated carbocycles. The quantitative estimate of drug-likeness (QED) is 0.751. The van der Waals surface area contributed by atoms with Gasteiger partial charge in [0.15, 0.2) is 0 Å². The number of benzene rings is 1. The number of pyridine rings is 2. The zero-order valence-corrected chi connectivity index (χ0v) is 13.9. The standard InChI is InChI=1S/C21H21N3/c1-2-15-11-18(13-22-12-15)17-8-10-21(23-14-17)24-20-9-7-16-5-3-4-6-19(16)20/h3-6,8,10-14,20H,2,7,9H2,1H3,(H,23,24)/t20-/m1/s1. The number of rotatable bonds is 4. The van der Waals surface area contributed by atoms with Crippen LogP contribution in [-0.4, -0.2) is 9.97 Å². The number of anilines is 1. The maximum Gasteiger partial charge on any atom is 0.126 e. The Morgan fingerprint density at radius 1 is 1.04 bits per heavy atom. The van der Waals surface area contributed by atoms with Gasteiger partial charge in [-0.1, -0.05) is 31.2 Å². The Morgan fingerprint density at radius 2 is 1.96 bits per heavy atom. The fraction of sp³-hybridized carbons (Fsp3) is 0.238. The van der Waals surface area contributed by atoms with Gasteiger partial charge in [-0.05, 0) is 54.2 Å². The second kappa shape index (κ2) is 6.44. The zero-order chi connectivity index (χ0) is 16.4. The molecule has 3 aromatic rings. The van der Waals surface area contributed by atoms with E-state index in [0.29, 0.717) is 6.04 Å². The summed E-state index contributed by atoms with van der Waals surface area (Å²) in [5, 5.41) is 3.57. The van der Waals surface area contributed by atoms with Crippen molar-refractivity contribution in [2.75, 3.05) is 5.32 Å². The lowest BCUT2D eigenvalue weighted by molar-refractivity contribution is 0.757. The molecule has 1 aliphatic carbocycles. The van der Waals surface area contributed by atoms with Crippen LogP contribution in [0.3, 0.4) is 0 Å². The number of aryl methyl sites for hydroxylation is 2. The highest BCUT2D eigenvalue weighted by molar-refractivity contribution is 5.63. The number of hydrogen-bond acceptors (Lipinski definition) is 3. The summed E-state index contributed by atoms with van der Waals surface area (Å²) in [6.45, 7) is 2.14. The lowest BCUT2D eigenvalue weighted by Gasteiger charge is -2.15. The smallest absolute Gasteiger partial charge is 0.126 e. The van der Waals surface area contributed by atoms with Crippen LogP contribution < -0.4 is 5.32 Å². The van der Waals surface area contributed by atoms with Crippen molar-refractivity contribution in [3.05, 3.63) is 77.7 Å². The SMILES string of the molecule is CCc1cncc(-c2ccc(N[C@@H]3CCc4ccccc43)nc2)c1. The first-order valence-electron chi connectivity index (χ1n) is 8.58. The molecule has 0 fully saturated rings. The van der Waals surface area contributed by atoms with Crippen molar-refractivity contribution in [1.29, 1.82) is 0 Å². The van der Waals surface area contributed by atoms with E-state index >= 15 is 0 Å². The van der Waals surface area contributed by atoms with Gasteiger partial charge in [0, 0.05) is 29.7 Å². The molecule has 0 unspecified atom stereocenters. The molecule has 1 aromatic carbocycles. The van der Waals surface area contributed by atoms with Crippen LogP contribution in [0.2, 0.25) is 0 Å². The summed E-state index contributed by atoms with van der Waals surface area (Å²) in [7, 11) is 0. The molecule has 0 spiro atoms. The molecule has 24 heavy (non-hydrogen) atoms. The molecule has 0 bridgehead atoms. The molecule has 3 nitrogen and oxygen atoms in total. The summed E-state index contributed by atoms with van der Waals surface area (Å²) < 4.78 is 0. The third-order valence-electron chi connectivity index (χ3n) is 4.75. The van der Waals surface area contributed by atoms with Crippen molar-refractivity contribution in [2.45, 2.75) is 32.2 Å². The number of fused-ring (bicyclic) bond motifs is 1. The highest BCUT2D eigenvalue weighted by Crippen LogP contribution is 2.33. The minimum Gasteiger partial charge on any atom is -0.363 e. The Kier molecular flexibility index (Phi) is 3.99. The second-order valence-electron chi connectivity index (χ2n) is 6.30.